The Morgan fingerprint density at radius 2 is 2.15 bits per heavy atom. The van der Waals surface area contributed by atoms with Crippen molar-refractivity contribution < 1.29 is 0 Å². The van der Waals surface area contributed by atoms with E-state index in [0.717, 1.165) is 57.8 Å². The minimum absolute atomic E-state index is 0.498. The number of fused-ring (bicyclic) bond motifs is 1. The fourth-order valence-electron chi connectivity index (χ4n) is 3.92. The van der Waals surface area contributed by atoms with Crippen LogP contribution in [-0.4, -0.2) is 55.1 Å². The summed E-state index contributed by atoms with van der Waals surface area (Å²) in [5, 5.41) is 8.40. The molecule has 1 aliphatic rings. The second-order valence-corrected chi connectivity index (χ2v) is 7.26. The molecule has 0 bridgehead atoms. The van der Waals surface area contributed by atoms with Crippen LogP contribution in [-0.2, 0) is 12.8 Å². The van der Waals surface area contributed by atoms with Crippen LogP contribution in [0.5, 0.6) is 0 Å². The average Bonchev–Trinajstić information content (AvgIpc) is 3.12. The highest BCUT2D eigenvalue weighted by atomic mass is 15.2. The molecule has 5 nitrogen and oxygen atoms in total. The number of piperidine rings is 1. The van der Waals surface area contributed by atoms with Gasteiger partial charge < -0.3 is 15.6 Å². The van der Waals surface area contributed by atoms with Gasteiger partial charge in [-0.3, -0.25) is 9.89 Å². The molecule has 0 aliphatic carbocycles. The van der Waals surface area contributed by atoms with Crippen LogP contribution in [0.3, 0.4) is 0 Å². The number of benzene rings is 1. The van der Waals surface area contributed by atoms with E-state index in [1.807, 2.05) is 13.1 Å². The van der Waals surface area contributed by atoms with Gasteiger partial charge in [-0.05, 0) is 36.8 Å². The standard InChI is InChI=1S/C22H33N5/c1-4-13-27-14-10-19(11-15-27)26-22(23-3)24-12-9-18-16-25-21-17(5-2)7-6-8-20(18)21/h4,6-8,16,19,25H,1,5,9-15H2,2-3H3,(H2,23,24,26). The highest BCUT2D eigenvalue weighted by molar-refractivity contribution is 5.86. The highest BCUT2D eigenvalue weighted by Crippen LogP contribution is 2.22. The van der Waals surface area contributed by atoms with Gasteiger partial charge in [-0.25, -0.2) is 0 Å². The number of aromatic nitrogens is 1. The Bertz CT molecular complexity index is 768. The molecule has 146 valence electrons. The second kappa shape index (κ2) is 9.60. The molecule has 3 rings (SSSR count). The third-order valence-corrected chi connectivity index (χ3v) is 5.49. The van der Waals surface area contributed by atoms with Crippen LogP contribution in [0.25, 0.3) is 10.9 Å². The molecule has 0 spiro atoms. The Balaban J connectivity index is 1.49. The average molecular weight is 368 g/mol. The van der Waals surface area contributed by atoms with Crippen molar-refractivity contribution >= 4 is 16.9 Å². The molecule has 1 saturated heterocycles. The number of rotatable bonds is 7. The fraction of sp³-hybridized carbons (Fsp3) is 0.500. The van der Waals surface area contributed by atoms with Gasteiger partial charge in [0, 0.05) is 56.4 Å². The highest BCUT2D eigenvalue weighted by Gasteiger charge is 2.19. The lowest BCUT2D eigenvalue weighted by Crippen LogP contribution is -2.49. The van der Waals surface area contributed by atoms with Crippen LogP contribution >= 0.6 is 0 Å². The van der Waals surface area contributed by atoms with Crippen LogP contribution in [0.1, 0.15) is 30.9 Å². The molecule has 1 aromatic carbocycles. The van der Waals surface area contributed by atoms with E-state index < -0.39 is 0 Å². The predicted molar refractivity (Wildman–Crippen MR) is 116 cm³/mol. The minimum Gasteiger partial charge on any atom is -0.361 e. The molecule has 1 fully saturated rings. The fourth-order valence-corrected chi connectivity index (χ4v) is 3.92. The number of nitrogens with zero attached hydrogens (tertiary/aromatic N) is 2. The van der Waals surface area contributed by atoms with Crippen molar-refractivity contribution in [3.63, 3.8) is 0 Å². The van der Waals surface area contributed by atoms with E-state index >= 15 is 0 Å². The molecular formula is C22H33N5. The molecule has 0 radical (unpaired) electrons. The summed E-state index contributed by atoms with van der Waals surface area (Å²) < 4.78 is 0. The summed E-state index contributed by atoms with van der Waals surface area (Å²) in [5.41, 5.74) is 4.02. The van der Waals surface area contributed by atoms with Gasteiger partial charge in [-0.2, -0.15) is 0 Å². The van der Waals surface area contributed by atoms with E-state index in [4.69, 9.17) is 0 Å². The monoisotopic (exact) mass is 367 g/mol. The van der Waals surface area contributed by atoms with Gasteiger partial charge in [0.15, 0.2) is 5.96 Å². The van der Waals surface area contributed by atoms with Crippen LogP contribution in [0.15, 0.2) is 42.0 Å². The maximum atomic E-state index is 4.40. The van der Waals surface area contributed by atoms with Crippen molar-refractivity contribution in [1.82, 2.24) is 20.5 Å². The van der Waals surface area contributed by atoms with E-state index in [-0.39, 0.29) is 0 Å². The summed E-state index contributed by atoms with van der Waals surface area (Å²) in [6, 6.07) is 7.07. The zero-order chi connectivity index (χ0) is 19.1. The third-order valence-electron chi connectivity index (χ3n) is 5.49. The second-order valence-electron chi connectivity index (χ2n) is 7.26. The van der Waals surface area contributed by atoms with Gasteiger partial charge in [-0.1, -0.05) is 31.2 Å². The normalized spacial score (nSPS) is 16.6. The van der Waals surface area contributed by atoms with Crippen LogP contribution < -0.4 is 10.6 Å². The molecule has 0 amide bonds. The molecule has 0 atom stereocenters. The zero-order valence-electron chi connectivity index (χ0n) is 16.7. The number of aliphatic imine (C=N–C) groups is 1. The van der Waals surface area contributed by atoms with Gasteiger partial charge in [0.25, 0.3) is 0 Å². The van der Waals surface area contributed by atoms with Gasteiger partial charge in [-0.15, -0.1) is 6.58 Å². The molecule has 2 aromatic rings. The summed E-state index contributed by atoms with van der Waals surface area (Å²) in [6.45, 7) is 10.1. The van der Waals surface area contributed by atoms with Crippen molar-refractivity contribution in [1.29, 1.82) is 0 Å². The summed E-state index contributed by atoms with van der Waals surface area (Å²) in [4.78, 5) is 10.3. The lowest BCUT2D eigenvalue weighted by Gasteiger charge is -2.32. The van der Waals surface area contributed by atoms with Crippen molar-refractivity contribution in [2.45, 2.75) is 38.6 Å². The Hall–Kier alpha value is -2.27. The zero-order valence-corrected chi connectivity index (χ0v) is 16.7. The molecule has 27 heavy (non-hydrogen) atoms. The summed E-state index contributed by atoms with van der Waals surface area (Å²) in [6.07, 6.45) is 8.47. The lowest BCUT2D eigenvalue weighted by atomic mass is 10.1. The maximum Gasteiger partial charge on any atom is 0.191 e. The molecular weight excluding hydrogens is 334 g/mol. The van der Waals surface area contributed by atoms with Crippen LogP contribution in [0.2, 0.25) is 0 Å². The van der Waals surface area contributed by atoms with Crippen molar-refractivity contribution in [3.05, 3.63) is 48.2 Å². The van der Waals surface area contributed by atoms with E-state index in [2.05, 4.69) is 63.4 Å². The van der Waals surface area contributed by atoms with Gasteiger partial charge >= 0.3 is 0 Å². The number of likely N-dealkylation sites (tertiary alicyclic amines) is 1. The van der Waals surface area contributed by atoms with Crippen LogP contribution in [0.4, 0.5) is 0 Å². The number of H-pyrrole nitrogens is 1. The topological polar surface area (TPSA) is 55.4 Å². The Kier molecular flexibility index (Phi) is 6.93. The number of nitrogens with one attached hydrogen (secondary N) is 3. The Morgan fingerprint density at radius 3 is 2.85 bits per heavy atom. The number of aromatic amines is 1. The number of para-hydroxylation sites is 1. The summed E-state index contributed by atoms with van der Waals surface area (Å²) in [7, 11) is 1.85. The van der Waals surface area contributed by atoms with E-state index in [1.54, 1.807) is 0 Å². The minimum atomic E-state index is 0.498. The number of hydrogen-bond acceptors (Lipinski definition) is 2. The molecule has 1 aromatic heterocycles. The first-order valence-corrected chi connectivity index (χ1v) is 10.1. The van der Waals surface area contributed by atoms with Gasteiger partial charge in [0.05, 0.1) is 0 Å². The van der Waals surface area contributed by atoms with Gasteiger partial charge in [0.1, 0.15) is 0 Å². The van der Waals surface area contributed by atoms with Gasteiger partial charge in [0.2, 0.25) is 0 Å². The third kappa shape index (κ3) is 4.92. The van der Waals surface area contributed by atoms with Crippen LogP contribution in [0, 0.1) is 0 Å². The number of guanidine groups is 1. The molecule has 0 unspecified atom stereocenters. The first kappa shape index (κ1) is 19.5. The first-order valence-electron chi connectivity index (χ1n) is 10.1. The molecule has 3 N–H and O–H groups in total. The Labute approximate surface area is 162 Å². The number of aryl methyl sites for hydroxylation is 1. The molecule has 5 heteroatoms. The van der Waals surface area contributed by atoms with Crippen molar-refractivity contribution in [2.24, 2.45) is 4.99 Å². The smallest absolute Gasteiger partial charge is 0.191 e. The Morgan fingerprint density at radius 1 is 1.33 bits per heavy atom. The van der Waals surface area contributed by atoms with Crippen molar-refractivity contribution in [2.75, 3.05) is 33.2 Å². The predicted octanol–water partition coefficient (Wildman–Crippen LogP) is 3.09. The van der Waals surface area contributed by atoms with Crippen molar-refractivity contribution in [3.8, 4) is 0 Å². The quantitative estimate of drug-likeness (QED) is 0.400. The first-order chi connectivity index (χ1) is 13.2. The maximum absolute atomic E-state index is 4.40. The molecule has 1 aliphatic heterocycles. The SMILES string of the molecule is C=CCN1CCC(NC(=NC)NCCc2c[nH]c3c(CC)cccc23)CC1. The summed E-state index contributed by atoms with van der Waals surface area (Å²) >= 11 is 0. The molecule has 2 heterocycles. The largest absolute Gasteiger partial charge is 0.361 e. The number of hydrogen-bond donors (Lipinski definition) is 3. The van der Waals surface area contributed by atoms with E-state index in [9.17, 15) is 0 Å². The molecule has 0 saturated carbocycles. The van der Waals surface area contributed by atoms with E-state index in [0.29, 0.717) is 6.04 Å². The summed E-state index contributed by atoms with van der Waals surface area (Å²) in [5.74, 6) is 0.909. The lowest BCUT2D eigenvalue weighted by molar-refractivity contribution is 0.225. The van der Waals surface area contributed by atoms with E-state index in [1.165, 1.54) is 22.0 Å².